The van der Waals surface area contributed by atoms with Crippen molar-refractivity contribution < 1.29 is 0 Å². The summed E-state index contributed by atoms with van der Waals surface area (Å²) in [6, 6.07) is 60.1. The van der Waals surface area contributed by atoms with Crippen LogP contribution in [-0.4, -0.2) is 8.07 Å². The lowest BCUT2D eigenvalue weighted by molar-refractivity contribution is 0.660. The molecule has 0 atom stereocenters. The number of hydrogen-bond donors (Lipinski definition) is 0. The van der Waals surface area contributed by atoms with Crippen molar-refractivity contribution in [1.29, 1.82) is 0 Å². The third-order valence-electron chi connectivity index (χ3n) is 13.5. The van der Waals surface area contributed by atoms with Gasteiger partial charge in [0.15, 0.2) is 0 Å². The van der Waals surface area contributed by atoms with Gasteiger partial charge in [-0.15, -0.1) is 0 Å². The minimum atomic E-state index is -1.68. The second-order valence-corrected chi connectivity index (χ2v) is 23.6. The molecule has 0 spiro atoms. The molecule has 0 aromatic heterocycles. The van der Waals surface area contributed by atoms with E-state index in [1.165, 1.54) is 99.0 Å². The van der Waals surface area contributed by atoms with Crippen LogP contribution in [0.1, 0.15) is 49.9 Å². The van der Waals surface area contributed by atoms with Crippen LogP contribution in [0.5, 0.6) is 0 Å². The first kappa shape index (κ1) is 34.3. The van der Waals surface area contributed by atoms with E-state index in [1.807, 2.05) is 0 Å². The molecular formula is C55H47NSi. The molecule has 0 radical (unpaired) electrons. The topological polar surface area (TPSA) is 3.24 Å². The molecule has 0 bridgehead atoms. The van der Waals surface area contributed by atoms with Gasteiger partial charge in [0.1, 0.15) is 0 Å². The summed E-state index contributed by atoms with van der Waals surface area (Å²) in [6.45, 7) is 17.0. The Morgan fingerprint density at radius 2 is 0.947 bits per heavy atom. The van der Waals surface area contributed by atoms with Gasteiger partial charge in [-0.25, -0.2) is 0 Å². The molecule has 57 heavy (non-hydrogen) atoms. The van der Waals surface area contributed by atoms with Crippen molar-refractivity contribution in [1.82, 2.24) is 0 Å². The minimum absolute atomic E-state index is 0.103. The van der Waals surface area contributed by atoms with Gasteiger partial charge in [0.2, 0.25) is 0 Å². The Morgan fingerprint density at radius 3 is 1.65 bits per heavy atom. The van der Waals surface area contributed by atoms with Crippen LogP contribution < -0.4 is 10.1 Å². The second kappa shape index (κ2) is 11.8. The van der Waals surface area contributed by atoms with Crippen LogP contribution in [0.4, 0.5) is 17.1 Å². The van der Waals surface area contributed by atoms with Gasteiger partial charge < -0.3 is 4.90 Å². The van der Waals surface area contributed by atoms with Gasteiger partial charge in [0.25, 0.3) is 0 Å². The first-order chi connectivity index (χ1) is 27.4. The summed E-state index contributed by atoms with van der Waals surface area (Å²) in [5, 5.41) is 12.4. The van der Waals surface area contributed by atoms with E-state index in [-0.39, 0.29) is 10.8 Å². The maximum absolute atomic E-state index is 2.51. The highest BCUT2D eigenvalue weighted by Crippen LogP contribution is 2.53. The zero-order valence-electron chi connectivity index (χ0n) is 34.0. The van der Waals surface area contributed by atoms with Gasteiger partial charge >= 0.3 is 0 Å². The van der Waals surface area contributed by atoms with Crippen LogP contribution in [0.2, 0.25) is 19.6 Å². The van der Waals surface area contributed by atoms with E-state index in [0.717, 1.165) is 5.69 Å². The Bertz CT molecular complexity index is 3100. The summed E-state index contributed by atoms with van der Waals surface area (Å²) in [5.41, 5.74) is 14.2. The van der Waals surface area contributed by atoms with E-state index in [4.69, 9.17) is 0 Å². The van der Waals surface area contributed by atoms with E-state index in [1.54, 1.807) is 5.19 Å². The number of nitrogens with zero attached hydrogens (tertiary/aromatic N) is 1. The highest BCUT2D eigenvalue weighted by atomic mass is 28.3. The van der Waals surface area contributed by atoms with Crippen molar-refractivity contribution in [2.24, 2.45) is 0 Å². The van der Waals surface area contributed by atoms with Crippen molar-refractivity contribution in [3.63, 3.8) is 0 Å². The van der Waals surface area contributed by atoms with E-state index < -0.39 is 8.07 Å². The third-order valence-corrected chi connectivity index (χ3v) is 15.5. The molecule has 0 heterocycles. The molecule has 9 aromatic carbocycles. The highest BCUT2D eigenvalue weighted by Gasteiger charge is 2.37. The van der Waals surface area contributed by atoms with Crippen molar-refractivity contribution in [2.75, 3.05) is 4.90 Å². The van der Waals surface area contributed by atoms with Crippen molar-refractivity contribution >= 4 is 73.4 Å². The van der Waals surface area contributed by atoms with Gasteiger partial charge in [-0.05, 0) is 129 Å². The zero-order chi connectivity index (χ0) is 39.0. The fourth-order valence-electron chi connectivity index (χ4n) is 10.8. The molecule has 0 aliphatic heterocycles. The highest BCUT2D eigenvalue weighted by molar-refractivity contribution is 6.92. The maximum Gasteiger partial charge on any atom is 0.0792 e. The number of benzene rings is 9. The molecular weight excluding hydrogens is 703 g/mol. The average molecular weight is 750 g/mol. The van der Waals surface area contributed by atoms with Gasteiger partial charge in [0.05, 0.1) is 8.07 Å². The summed E-state index contributed by atoms with van der Waals surface area (Å²) in [4.78, 5) is 2.51. The minimum Gasteiger partial charge on any atom is -0.310 e. The lowest BCUT2D eigenvalue weighted by Gasteiger charge is -2.30. The van der Waals surface area contributed by atoms with Gasteiger partial charge in [0, 0.05) is 27.9 Å². The summed E-state index contributed by atoms with van der Waals surface area (Å²) < 4.78 is 0. The van der Waals surface area contributed by atoms with E-state index in [2.05, 4.69) is 210 Å². The first-order valence-corrected chi connectivity index (χ1v) is 24.0. The molecule has 1 nitrogen and oxygen atoms in total. The Morgan fingerprint density at radius 1 is 0.404 bits per heavy atom. The van der Waals surface area contributed by atoms with Crippen LogP contribution in [0.15, 0.2) is 158 Å². The van der Waals surface area contributed by atoms with E-state index >= 15 is 0 Å². The fourth-order valence-corrected chi connectivity index (χ4v) is 12.9. The molecule has 0 unspecified atom stereocenters. The normalized spacial score (nSPS) is 14.9. The third kappa shape index (κ3) is 4.80. The smallest absolute Gasteiger partial charge is 0.0792 e. The van der Waals surface area contributed by atoms with E-state index in [0.29, 0.717) is 0 Å². The lowest BCUT2D eigenvalue weighted by Crippen LogP contribution is -2.38. The van der Waals surface area contributed by atoms with Crippen LogP contribution in [-0.2, 0) is 10.8 Å². The van der Waals surface area contributed by atoms with Crippen LogP contribution in [0.3, 0.4) is 0 Å². The van der Waals surface area contributed by atoms with E-state index in [9.17, 15) is 0 Å². The number of rotatable bonds is 5. The van der Waals surface area contributed by atoms with Crippen molar-refractivity contribution in [2.45, 2.75) is 58.2 Å². The lowest BCUT2D eigenvalue weighted by atomic mass is 9.81. The van der Waals surface area contributed by atoms with Crippen molar-refractivity contribution in [3.05, 3.63) is 180 Å². The molecule has 0 N–H and O–H groups in total. The predicted octanol–water partition coefficient (Wildman–Crippen LogP) is 14.9. The molecule has 276 valence electrons. The molecule has 2 aliphatic carbocycles. The first-order valence-electron chi connectivity index (χ1n) is 20.5. The van der Waals surface area contributed by atoms with Gasteiger partial charge in [-0.3, -0.25) is 0 Å². The standard InChI is InChI=1S/C55H47NSi/c1-54(2)46-21-13-12-16-40(46)41-30-29-38(32-48(41)54)56(39-31-36-24-23-34-15-14-22-47-51(34)52(36)49(33-39)55(47,3)4)37-27-25-35(26-28-37)50-42-17-8-10-19-44(42)53(57(5,6)7)45-20-11-9-18-43(45)50/h8-33H,1-7H3. The van der Waals surface area contributed by atoms with Crippen LogP contribution >= 0.6 is 0 Å². The molecule has 0 saturated carbocycles. The number of hydrogen-bond acceptors (Lipinski definition) is 1. The quantitative estimate of drug-likeness (QED) is 0.0962. The van der Waals surface area contributed by atoms with Crippen molar-refractivity contribution in [3.8, 4) is 22.3 Å². The second-order valence-electron chi connectivity index (χ2n) is 18.6. The molecule has 0 saturated heterocycles. The van der Waals surface area contributed by atoms with Crippen LogP contribution in [0.25, 0.3) is 65.3 Å². The molecule has 2 heteroatoms. The molecule has 2 aliphatic rings. The summed E-state index contributed by atoms with van der Waals surface area (Å²) >= 11 is 0. The summed E-state index contributed by atoms with van der Waals surface area (Å²) in [6.07, 6.45) is 0. The Hall–Kier alpha value is -5.96. The average Bonchev–Trinajstić information content (AvgIpc) is 3.59. The monoisotopic (exact) mass is 749 g/mol. The SMILES string of the molecule is CC1(C)c2ccccc2-c2ccc(N(c3ccc(-c4c5ccccc5c([Si](C)(C)C)c5ccccc45)cc3)c3cc4c5c(ccc6cccc(c65)C4(C)C)c3)cc21. The van der Waals surface area contributed by atoms with Gasteiger partial charge in [-0.2, -0.15) is 0 Å². The van der Waals surface area contributed by atoms with Gasteiger partial charge in [-0.1, -0.05) is 169 Å². The van der Waals surface area contributed by atoms with Crippen LogP contribution in [0, 0.1) is 0 Å². The summed E-state index contributed by atoms with van der Waals surface area (Å²) in [5.74, 6) is 0. The Labute approximate surface area is 337 Å². The predicted molar refractivity (Wildman–Crippen MR) is 249 cm³/mol. The molecule has 9 aromatic rings. The molecule has 0 amide bonds. The Balaban J connectivity index is 1.13. The zero-order valence-corrected chi connectivity index (χ0v) is 35.0. The molecule has 0 fully saturated rings. The fraction of sp³-hybridized carbons (Fsp3) is 0.164. The number of fused-ring (bicyclic) bond motifs is 5. The Kier molecular flexibility index (Phi) is 7.09. The molecule has 11 rings (SSSR count). The maximum atomic E-state index is 2.51. The number of anilines is 3. The largest absolute Gasteiger partial charge is 0.310 e. The summed E-state index contributed by atoms with van der Waals surface area (Å²) in [7, 11) is -1.68.